The quantitative estimate of drug-likeness (QED) is 0.504. The van der Waals surface area contributed by atoms with Crippen LogP contribution in [-0.2, 0) is 12.3 Å². The number of nitrogens with zero attached hydrogens (tertiary/aromatic N) is 3. The maximum atomic E-state index is 12.3. The summed E-state index contributed by atoms with van der Waals surface area (Å²) in [6.45, 7) is 2.68. The standard InChI is InChI=1S/C17H17N5O3S/c1-2-3-8-22-16(24)20-21-17(22)26-9-12-18-13-10-6-4-5-7-11(10)25-14(13)15(23)19-12/h4-7H,2-3,8-9H2,1H3,(H,20,24)(H,18,19,23). The molecule has 0 aliphatic rings. The molecule has 0 bridgehead atoms. The Morgan fingerprint density at radius 2 is 2.12 bits per heavy atom. The average Bonchev–Trinajstić information content (AvgIpc) is 3.19. The normalized spacial score (nSPS) is 11.6. The zero-order valence-corrected chi connectivity index (χ0v) is 14.9. The molecule has 0 saturated heterocycles. The van der Waals surface area contributed by atoms with Gasteiger partial charge in [0, 0.05) is 11.9 Å². The lowest BCUT2D eigenvalue weighted by Crippen LogP contribution is -2.17. The minimum absolute atomic E-state index is 0.222. The topological polar surface area (TPSA) is 110 Å². The van der Waals surface area contributed by atoms with Crippen LogP contribution in [-0.4, -0.2) is 24.7 Å². The van der Waals surface area contributed by atoms with E-state index in [4.69, 9.17) is 4.42 Å². The molecule has 1 aromatic carbocycles. The van der Waals surface area contributed by atoms with Crippen molar-refractivity contribution in [3.63, 3.8) is 0 Å². The van der Waals surface area contributed by atoms with Crippen molar-refractivity contribution in [2.24, 2.45) is 0 Å². The van der Waals surface area contributed by atoms with Gasteiger partial charge in [-0.2, -0.15) is 0 Å². The van der Waals surface area contributed by atoms with E-state index in [-0.39, 0.29) is 16.8 Å². The number of H-pyrrole nitrogens is 2. The number of fused-ring (bicyclic) bond motifs is 3. The van der Waals surface area contributed by atoms with Crippen molar-refractivity contribution < 1.29 is 4.42 Å². The molecule has 134 valence electrons. The van der Waals surface area contributed by atoms with Crippen LogP contribution in [0.5, 0.6) is 0 Å². The Bertz CT molecular complexity index is 1190. The third-order valence-corrected chi connectivity index (χ3v) is 5.06. The molecule has 0 saturated carbocycles. The summed E-state index contributed by atoms with van der Waals surface area (Å²) in [5, 5.41) is 7.92. The van der Waals surface area contributed by atoms with Crippen molar-refractivity contribution in [2.45, 2.75) is 37.2 Å². The van der Waals surface area contributed by atoms with Gasteiger partial charge in [-0.05, 0) is 18.6 Å². The average molecular weight is 371 g/mol. The van der Waals surface area contributed by atoms with E-state index in [9.17, 15) is 9.59 Å². The Morgan fingerprint density at radius 3 is 2.96 bits per heavy atom. The van der Waals surface area contributed by atoms with Gasteiger partial charge in [0.05, 0.1) is 5.75 Å². The van der Waals surface area contributed by atoms with Gasteiger partial charge in [-0.15, -0.1) is 5.10 Å². The Morgan fingerprint density at radius 1 is 1.27 bits per heavy atom. The number of rotatable bonds is 6. The molecule has 0 amide bonds. The van der Waals surface area contributed by atoms with Crippen LogP contribution in [0.1, 0.15) is 25.6 Å². The molecule has 9 heteroatoms. The molecule has 8 nitrogen and oxygen atoms in total. The lowest BCUT2D eigenvalue weighted by Gasteiger charge is -2.04. The van der Waals surface area contributed by atoms with E-state index in [1.165, 1.54) is 11.8 Å². The van der Waals surface area contributed by atoms with E-state index in [1.807, 2.05) is 18.2 Å². The number of benzene rings is 1. The second-order valence-electron chi connectivity index (χ2n) is 5.89. The minimum atomic E-state index is -0.313. The first-order valence-corrected chi connectivity index (χ1v) is 9.34. The van der Waals surface area contributed by atoms with Gasteiger partial charge in [0.1, 0.15) is 16.9 Å². The summed E-state index contributed by atoms with van der Waals surface area (Å²) >= 11 is 1.35. The molecule has 4 aromatic rings. The summed E-state index contributed by atoms with van der Waals surface area (Å²) < 4.78 is 7.20. The molecular formula is C17H17N5O3S. The summed E-state index contributed by atoms with van der Waals surface area (Å²) in [5.41, 5.74) is 0.863. The van der Waals surface area contributed by atoms with E-state index in [0.29, 0.717) is 34.4 Å². The van der Waals surface area contributed by atoms with Crippen LogP contribution < -0.4 is 11.2 Å². The van der Waals surface area contributed by atoms with Crippen LogP contribution in [0.2, 0.25) is 0 Å². The smallest absolute Gasteiger partial charge is 0.343 e. The zero-order chi connectivity index (χ0) is 18.1. The maximum absolute atomic E-state index is 12.3. The minimum Gasteiger partial charge on any atom is -0.449 e. The third-order valence-electron chi connectivity index (χ3n) is 4.08. The van der Waals surface area contributed by atoms with Crippen LogP contribution in [0.4, 0.5) is 0 Å². The van der Waals surface area contributed by atoms with Crippen LogP contribution in [0.15, 0.2) is 43.4 Å². The fraction of sp³-hybridized carbons (Fsp3) is 0.294. The molecule has 26 heavy (non-hydrogen) atoms. The van der Waals surface area contributed by atoms with E-state index < -0.39 is 0 Å². The van der Waals surface area contributed by atoms with Crippen molar-refractivity contribution in [3.05, 3.63) is 50.9 Å². The fourth-order valence-corrected chi connectivity index (χ4v) is 3.62. The van der Waals surface area contributed by atoms with Crippen molar-refractivity contribution in [1.82, 2.24) is 24.7 Å². The van der Waals surface area contributed by atoms with Crippen LogP contribution in [0.25, 0.3) is 22.1 Å². The van der Waals surface area contributed by atoms with Gasteiger partial charge in [-0.1, -0.05) is 37.2 Å². The Hall–Kier alpha value is -2.81. The zero-order valence-electron chi connectivity index (χ0n) is 14.1. The van der Waals surface area contributed by atoms with Crippen molar-refractivity contribution in [1.29, 1.82) is 0 Å². The first-order valence-electron chi connectivity index (χ1n) is 8.36. The number of furan rings is 1. The summed E-state index contributed by atoms with van der Waals surface area (Å²) in [4.78, 5) is 31.4. The van der Waals surface area contributed by atoms with E-state index in [2.05, 4.69) is 27.1 Å². The van der Waals surface area contributed by atoms with E-state index in [0.717, 1.165) is 18.2 Å². The molecular weight excluding hydrogens is 354 g/mol. The van der Waals surface area contributed by atoms with Gasteiger partial charge in [-0.3, -0.25) is 9.36 Å². The van der Waals surface area contributed by atoms with Crippen LogP contribution >= 0.6 is 11.8 Å². The van der Waals surface area contributed by atoms with Gasteiger partial charge >= 0.3 is 5.69 Å². The lowest BCUT2D eigenvalue weighted by atomic mass is 10.2. The fourth-order valence-electron chi connectivity index (χ4n) is 2.78. The molecule has 0 spiro atoms. The first kappa shape index (κ1) is 16.6. The highest BCUT2D eigenvalue weighted by Gasteiger charge is 2.14. The van der Waals surface area contributed by atoms with Gasteiger partial charge in [0.25, 0.3) is 5.56 Å². The predicted molar refractivity (Wildman–Crippen MR) is 99.5 cm³/mol. The van der Waals surface area contributed by atoms with E-state index in [1.54, 1.807) is 10.6 Å². The van der Waals surface area contributed by atoms with Crippen LogP contribution in [0, 0.1) is 0 Å². The number of para-hydroxylation sites is 1. The largest absolute Gasteiger partial charge is 0.449 e. The van der Waals surface area contributed by atoms with Gasteiger partial charge in [0.15, 0.2) is 5.16 Å². The predicted octanol–water partition coefficient (Wildman–Crippen LogP) is 2.65. The SMILES string of the molecule is CCCCn1c(SCc2nc3c(oc4ccccc43)c(=O)[nH]2)n[nH]c1=O. The molecule has 2 N–H and O–H groups in total. The van der Waals surface area contributed by atoms with Gasteiger partial charge in [-0.25, -0.2) is 14.9 Å². The first-order chi connectivity index (χ1) is 12.7. The Kier molecular flexibility index (Phi) is 4.37. The molecule has 0 aliphatic heterocycles. The Balaban J connectivity index is 1.65. The number of aromatic nitrogens is 5. The second-order valence-corrected chi connectivity index (χ2v) is 6.84. The molecule has 0 fully saturated rings. The molecule has 0 aliphatic carbocycles. The number of aromatic amines is 2. The number of hydrogen-bond acceptors (Lipinski definition) is 6. The number of hydrogen-bond donors (Lipinski definition) is 2. The molecule has 4 rings (SSSR count). The van der Waals surface area contributed by atoms with Crippen molar-refractivity contribution >= 4 is 33.8 Å². The van der Waals surface area contributed by atoms with Crippen molar-refractivity contribution in [2.75, 3.05) is 0 Å². The molecule has 0 unspecified atom stereocenters. The second kappa shape index (κ2) is 6.83. The third kappa shape index (κ3) is 2.94. The summed E-state index contributed by atoms with van der Waals surface area (Å²) in [5.74, 6) is 0.901. The number of thioether (sulfide) groups is 1. The highest BCUT2D eigenvalue weighted by Crippen LogP contribution is 2.25. The maximum Gasteiger partial charge on any atom is 0.343 e. The number of nitrogens with one attached hydrogen (secondary N) is 2. The highest BCUT2D eigenvalue weighted by atomic mass is 32.2. The highest BCUT2D eigenvalue weighted by molar-refractivity contribution is 7.98. The van der Waals surface area contributed by atoms with Crippen LogP contribution in [0.3, 0.4) is 0 Å². The van der Waals surface area contributed by atoms with Gasteiger partial charge < -0.3 is 9.40 Å². The molecule has 0 radical (unpaired) electrons. The van der Waals surface area contributed by atoms with Gasteiger partial charge in [0.2, 0.25) is 5.58 Å². The molecule has 0 atom stereocenters. The van der Waals surface area contributed by atoms with E-state index >= 15 is 0 Å². The monoisotopic (exact) mass is 371 g/mol. The molecule has 3 aromatic heterocycles. The summed E-state index contributed by atoms with van der Waals surface area (Å²) in [6.07, 6.45) is 1.88. The summed E-state index contributed by atoms with van der Waals surface area (Å²) in [6, 6.07) is 7.41. The Labute approximate surface area is 151 Å². The summed E-state index contributed by atoms with van der Waals surface area (Å²) in [7, 11) is 0. The number of unbranched alkanes of at least 4 members (excludes halogenated alkanes) is 1. The van der Waals surface area contributed by atoms with Crippen molar-refractivity contribution in [3.8, 4) is 0 Å². The molecule has 3 heterocycles. The lowest BCUT2D eigenvalue weighted by molar-refractivity contribution is 0.573.